The Kier molecular flexibility index (Phi) is 4.45. The first-order chi connectivity index (χ1) is 13.2. The lowest BCUT2D eigenvalue weighted by atomic mass is 10.1. The highest BCUT2D eigenvalue weighted by Crippen LogP contribution is 2.32. The number of nitrogens with one attached hydrogen (secondary N) is 2. The van der Waals surface area contributed by atoms with Crippen LogP contribution in [0.5, 0.6) is 5.75 Å². The van der Waals surface area contributed by atoms with Crippen LogP contribution in [-0.2, 0) is 16.1 Å². The minimum atomic E-state index is -0.408. The van der Waals surface area contributed by atoms with Gasteiger partial charge in [0.25, 0.3) is 0 Å². The molecule has 1 aliphatic heterocycles. The zero-order valence-corrected chi connectivity index (χ0v) is 14.8. The van der Waals surface area contributed by atoms with E-state index in [1.54, 1.807) is 24.3 Å². The van der Waals surface area contributed by atoms with E-state index in [1.165, 1.54) is 0 Å². The molecule has 3 heterocycles. The van der Waals surface area contributed by atoms with E-state index in [-0.39, 0.29) is 18.2 Å². The number of amides is 2. The average molecular weight is 365 g/mol. The number of rotatable bonds is 5. The van der Waals surface area contributed by atoms with E-state index in [0.29, 0.717) is 30.2 Å². The molecule has 1 aromatic carbocycles. The number of carbonyl (C=O) groups is 2. The van der Waals surface area contributed by atoms with Gasteiger partial charge in [0, 0.05) is 24.5 Å². The number of aromatic nitrogens is 3. The number of methoxy groups -OCH3 is 1. The lowest BCUT2D eigenvalue weighted by molar-refractivity contribution is -0.126. The van der Waals surface area contributed by atoms with Crippen LogP contribution in [-0.4, -0.2) is 40.7 Å². The molecule has 1 fully saturated rings. The van der Waals surface area contributed by atoms with Gasteiger partial charge in [-0.15, -0.1) is 0 Å². The largest absolute Gasteiger partial charge is 0.495 e. The van der Waals surface area contributed by atoms with Gasteiger partial charge in [0.2, 0.25) is 11.8 Å². The first-order valence-corrected chi connectivity index (χ1v) is 8.66. The predicted molar refractivity (Wildman–Crippen MR) is 99.2 cm³/mol. The molecule has 1 aliphatic rings. The lowest BCUT2D eigenvalue weighted by Crippen LogP contribution is -2.32. The van der Waals surface area contributed by atoms with Gasteiger partial charge < -0.3 is 15.0 Å². The SMILES string of the molecule is COc1ccccc1N1CC(C(=O)NCc2[nH]nc3ncccc23)CC1=O. The molecule has 2 amide bonds. The summed E-state index contributed by atoms with van der Waals surface area (Å²) in [6.45, 7) is 0.636. The van der Waals surface area contributed by atoms with E-state index in [0.717, 1.165) is 11.1 Å². The Morgan fingerprint density at radius 1 is 1.33 bits per heavy atom. The maximum atomic E-state index is 12.6. The third-order valence-electron chi connectivity index (χ3n) is 4.72. The van der Waals surface area contributed by atoms with Crippen molar-refractivity contribution in [3.63, 3.8) is 0 Å². The minimum absolute atomic E-state index is 0.0872. The number of carbonyl (C=O) groups excluding carboxylic acids is 2. The lowest BCUT2D eigenvalue weighted by Gasteiger charge is -2.19. The summed E-state index contributed by atoms with van der Waals surface area (Å²) < 4.78 is 5.33. The third-order valence-corrected chi connectivity index (χ3v) is 4.72. The second-order valence-corrected chi connectivity index (χ2v) is 6.37. The number of anilines is 1. The third kappa shape index (κ3) is 3.21. The second kappa shape index (κ2) is 7.06. The molecule has 0 aliphatic carbocycles. The summed E-state index contributed by atoms with van der Waals surface area (Å²) in [5.41, 5.74) is 2.09. The molecule has 1 atom stereocenters. The number of ether oxygens (including phenoxy) is 1. The van der Waals surface area contributed by atoms with E-state index in [2.05, 4.69) is 20.5 Å². The summed E-state index contributed by atoms with van der Waals surface area (Å²) >= 11 is 0. The van der Waals surface area contributed by atoms with Crippen LogP contribution in [0, 0.1) is 5.92 Å². The van der Waals surface area contributed by atoms with Gasteiger partial charge in [-0.3, -0.25) is 14.7 Å². The van der Waals surface area contributed by atoms with Gasteiger partial charge in [-0.25, -0.2) is 4.98 Å². The van der Waals surface area contributed by atoms with Crippen molar-refractivity contribution in [1.29, 1.82) is 0 Å². The summed E-state index contributed by atoms with van der Waals surface area (Å²) in [6.07, 6.45) is 1.84. The molecule has 4 rings (SSSR count). The topological polar surface area (TPSA) is 100 Å². The summed E-state index contributed by atoms with van der Waals surface area (Å²) in [6, 6.07) is 11.0. The molecule has 2 aromatic heterocycles. The average Bonchev–Trinajstić information content (AvgIpc) is 3.29. The molecule has 1 unspecified atom stereocenters. The van der Waals surface area contributed by atoms with Crippen LogP contribution in [0.3, 0.4) is 0 Å². The first-order valence-electron chi connectivity index (χ1n) is 8.66. The van der Waals surface area contributed by atoms with E-state index in [9.17, 15) is 9.59 Å². The number of pyridine rings is 1. The van der Waals surface area contributed by atoms with Crippen LogP contribution in [0.2, 0.25) is 0 Å². The molecule has 3 aromatic rings. The number of benzene rings is 1. The molecule has 138 valence electrons. The van der Waals surface area contributed by atoms with Crippen LogP contribution in [0.4, 0.5) is 5.69 Å². The summed E-state index contributed by atoms with van der Waals surface area (Å²) in [5, 5.41) is 10.8. The Morgan fingerprint density at radius 3 is 3.04 bits per heavy atom. The number of aromatic amines is 1. The smallest absolute Gasteiger partial charge is 0.227 e. The Balaban J connectivity index is 1.43. The Bertz CT molecular complexity index is 1000. The summed E-state index contributed by atoms with van der Waals surface area (Å²) in [4.78, 5) is 30.8. The number of hydrogen-bond acceptors (Lipinski definition) is 5. The van der Waals surface area contributed by atoms with Gasteiger partial charge >= 0.3 is 0 Å². The van der Waals surface area contributed by atoms with Gasteiger partial charge in [-0.1, -0.05) is 12.1 Å². The zero-order chi connectivity index (χ0) is 18.8. The number of nitrogens with zero attached hydrogens (tertiary/aromatic N) is 3. The highest BCUT2D eigenvalue weighted by Gasteiger charge is 2.36. The number of para-hydroxylation sites is 2. The maximum absolute atomic E-state index is 12.6. The zero-order valence-electron chi connectivity index (χ0n) is 14.8. The van der Waals surface area contributed by atoms with Crippen LogP contribution in [0.1, 0.15) is 12.1 Å². The standard InChI is InChI=1S/C19H19N5O3/c1-27-16-7-3-2-6-15(16)24-11-12(9-17(24)25)19(26)21-10-14-13-5-4-8-20-18(13)23-22-14/h2-8,12H,9-11H2,1H3,(H,21,26)(H,20,22,23). The fourth-order valence-electron chi connectivity index (χ4n) is 3.33. The van der Waals surface area contributed by atoms with Gasteiger partial charge in [-0.2, -0.15) is 5.10 Å². The van der Waals surface area contributed by atoms with Crippen LogP contribution < -0.4 is 15.0 Å². The van der Waals surface area contributed by atoms with Crippen molar-refractivity contribution < 1.29 is 14.3 Å². The molecule has 1 saturated heterocycles. The van der Waals surface area contributed by atoms with Crippen molar-refractivity contribution in [2.75, 3.05) is 18.6 Å². The molecule has 0 spiro atoms. The molecule has 8 nitrogen and oxygen atoms in total. The van der Waals surface area contributed by atoms with Crippen LogP contribution >= 0.6 is 0 Å². The quantitative estimate of drug-likeness (QED) is 0.716. The summed E-state index contributed by atoms with van der Waals surface area (Å²) in [5.74, 6) is -0.0405. The van der Waals surface area contributed by atoms with E-state index < -0.39 is 5.92 Å². The van der Waals surface area contributed by atoms with Gasteiger partial charge in [0.05, 0.1) is 31.0 Å². The van der Waals surface area contributed by atoms with Crippen molar-refractivity contribution >= 4 is 28.5 Å². The minimum Gasteiger partial charge on any atom is -0.495 e. The fraction of sp³-hybridized carbons (Fsp3) is 0.263. The molecule has 8 heteroatoms. The Hall–Kier alpha value is -3.42. The monoisotopic (exact) mass is 365 g/mol. The maximum Gasteiger partial charge on any atom is 0.227 e. The van der Waals surface area contributed by atoms with Crippen molar-refractivity contribution in [2.24, 2.45) is 5.92 Å². The molecule has 0 radical (unpaired) electrons. The van der Waals surface area contributed by atoms with E-state index in [4.69, 9.17) is 4.74 Å². The molecular formula is C19H19N5O3. The van der Waals surface area contributed by atoms with E-state index >= 15 is 0 Å². The highest BCUT2D eigenvalue weighted by atomic mass is 16.5. The molecule has 2 N–H and O–H groups in total. The number of H-pyrrole nitrogens is 1. The predicted octanol–water partition coefficient (Wildman–Crippen LogP) is 1.64. The normalized spacial score (nSPS) is 16.7. The first kappa shape index (κ1) is 17.0. The second-order valence-electron chi connectivity index (χ2n) is 6.37. The van der Waals surface area contributed by atoms with Gasteiger partial charge in [0.15, 0.2) is 5.65 Å². The van der Waals surface area contributed by atoms with Crippen LogP contribution in [0.15, 0.2) is 42.6 Å². The van der Waals surface area contributed by atoms with E-state index in [1.807, 2.05) is 30.3 Å². The fourth-order valence-corrected chi connectivity index (χ4v) is 3.33. The van der Waals surface area contributed by atoms with Crippen molar-refractivity contribution in [1.82, 2.24) is 20.5 Å². The molecule has 27 heavy (non-hydrogen) atoms. The van der Waals surface area contributed by atoms with Gasteiger partial charge in [-0.05, 0) is 24.3 Å². The molecule has 0 saturated carbocycles. The van der Waals surface area contributed by atoms with Gasteiger partial charge in [0.1, 0.15) is 5.75 Å². The highest BCUT2D eigenvalue weighted by molar-refractivity contribution is 6.01. The van der Waals surface area contributed by atoms with Crippen molar-refractivity contribution in [2.45, 2.75) is 13.0 Å². The number of fused-ring (bicyclic) bond motifs is 1. The summed E-state index contributed by atoms with van der Waals surface area (Å²) in [7, 11) is 1.56. The molecule has 0 bridgehead atoms. The Labute approximate surface area is 155 Å². The number of hydrogen-bond donors (Lipinski definition) is 2. The Morgan fingerprint density at radius 2 is 2.19 bits per heavy atom. The molecular weight excluding hydrogens is 346 g/mol. The van der Waals surface area contributed by atoms with Crippen molar-refractivity contribution in [3.8, 4) is 5.75 Å². The van der Waals surface area contributed by atoms with Crippen LogP contribution in [0.25, 0.3) is 11.0 Å². The van der Waals surface area contributed by atoms with Crippen molar-refractivity contribution in [3.05, 3.63) is 48.3 Å².